The summed E-state index contributed by atoms with van der Waals surface area (Å²) in [5.74, 6) is -0.603. The largest absolute Gasteiger partial charge is 0.496 e. The minimum atomic E-state index is -4.02. The Morgan fingerprint density at radius 3 is 2.59 bits per heavy atom. The molecule has 2 N–H and O–H groups in total. The third-order valence-electron chi connectivity index (χ3n) is 3.31. The van der Waals surface area contributed by atoms with Gasteiger partial charge in [0.05, 0.1) is 30.4 Å². The van der Waals surface area contributed by atoms with Crippen molar-refractivity contribution in [2.75, 3.05) is 24.7 Å². The van der Waals surface area contributed by atoms with Gasteiger partial charge in [-0.05, 0) is 32.0 Å². The maximum atomic E-state index is 12.7. The molecule has 0 saturated carbocycles. The van der Waals surface area contributed by atoms with Crippen molar-refractivity contribution in [3.8, 4) is 5.75 Å². The van der Waals surface area contributed by atoms with Gasteiger partial charge in [0.1, 0.15) is 5.75 Å². The number of ether oxygens (including phenoxy) is 2. The highest BCUT2D eigenvalue weighted by Gasteiger charge is 2.22. The van der Waals surface area contributed by atoms with Gasteiger partial charge in [0, 0.05) is 6.04 Å². The minimum Gasteiger partial charge on any atom is -0.496 e. The smallest absolute Gasteiger partial charge is 0.316 e. The average Bonchev–Trinajstić information content (AvgIpc) is 3.11. The first kappa shape index (κ1) is 22.9. The lowest BCUT2D eigenvalue weighted by molar-refractivity contribution is -0.137. The molecule has 0 radical (unpaired) electrons. The summed E-state index contributed by atoms with van der Waals surface area (Å²) in [5, 5.41) is 10.3. The number of esters is 1. The van der Waals surface area contributed by atoms with Crippen LogP contribution in [0.15, 0.2) is 27.4 Å². The molecule has 1 heterocycles. The molecule has 2 rings (SSSR count). The molecule has 0 spiro atoms. The van der Waals surface area contributed by atoms with Gasteiger partial charge in [0.15, 0.2) is 4.34 Å². The van der Waals surface area contributed by atoms with Gasteiger partial charge in [-0.1, -0.05) is 23.1 Å². The number of amides is 1. The van der Waals surface area contributed by atoms with Gasteiger partial charge < -0.3 is 14.8 Å². The molecule has 1 amide bonds. The fourth-order valence-electron chi connectivity index (χ4n) is 2.03. The normalized spacial score (nSPS) is 11.2. The van der Waals surface area contributed by atoms with Crippen LogP contribution in [-0.4, -0.2) is 56.5 Å². The molecular formula is C16H20N4O6S3. The number of hydrogen-bond donors (Lipinski definition) is 2. The molecule has 2 aromatic rings. The second kappa shape index (κ2) is 9.89. The van der Waals surface area contributed by atoms with Gasteiger partial charge in [-0.3, -0.25) is 14.3 Å². The summed E-state index contributed by atoms with van der Waals surface area (Å²) in [5.41, 5.74) is 0.0932. The SMILES string of the molecule is COC(=O)CSc1nnc(NS(=O)(=O)c2ccc(OC)c(C(=O)NC(C)C)c2)s1. The predicted octanol–water partition coefficient (Wildman–Crippen LogP) is 1.75. The standard InChI is InChI=1S/C16H20N4O6S3/c1-9(2)17-14(22)11-7-10(5-6-12(11)25-3)29(23,24)20-15-18-19-16(28-15)27-8-13(21)26-4/h5-7,9H,8H2,1-4H3,(H,17,22)(H,18,20). The van der Waals surface area contributed by atoms with E-state index in [-0.39, 0.29) is 33.1 Å². The summed E-state index contributed by atoms with van der Waals surface area (Å²) in [6.07, 6.45) is 0. The van der Waals surface area contributed by atoms with Crippen molar-refractivity contribution in [1.82, 2.24) is 15.5 Å². The molecular weight excluding hydrogens is 440 g/mol. The molecule has 0 aliphatic heterocycles. The van der Waals surface area contributed by atoms with E-state index in [1.807, 2.05) is 0 Å². The first-order valence-electron chi connectivity index (χ1n) is 8.21. The van der Waals surface area contributed by atoms with Crippen LogP contribution in [0.4, 0.5) is 5.13 Å². The highest BCUT2D eigenvalue weighted by atomic mass is 32.2. The van der Waals surface area contributed by atoms with Crippen molar-refractivity contribution in [1.29, 1.82) is 0 Å². The number of thioether (sulfide) groups is 1. The molecule has 13 heteroatoms. The fourth-order valence-corrected chi connectivity index (χ4v) is 4.87. The highest BCUT2D eigenvalue weighted by molar-refractivity contribution is 8.01. The lowest BCUT2D eigenvalue weighted by Gasteiger charge is -2.13. The molecule has 10 nitrogen and oxygen atoms in total. The number of nitrogens with zero attached hydrogens (tertiary/aromatic N) is 2. The number of anilines is 1. The quantitative estimate of drug-likeness (QED) is 0.423. The summed E-state index contributed by atoms with van der Waals surface area (Å²) in [7, 11) is -1.36. The maximum absolute atomic E-state index is 12.7. The molecule has 0 fully saturated rings. The van der Waals surface area contributed by atoms with Gasteiger partial charge in [0.2, 0.25) is 5.13 Å². The Kier molecular flexibility index (Phi) is 7.81. The number of aromatic nitrogens is 2. The van der Waals surface area contributed by atoms with Gasteiger partial charge in [-0.15, -0.1) is 10.2 Å². The number of carbonyl (C=O) groups is 2. The molecule has 158 valence electrons. The predicted molar refractivity (Wildman–Crippen MR) is 109 cm³/mol. The molecule has 0 saturated heterocycles. The monoisotopic (exact) mass is 460 g/mol. The second-order valence-corrected chi connectivity index (χ2v) is 9.72. The number of benzene rings is 1. The Hall–Kier alpha value is -2.38. The number of hydrogen-bond acceptors (Lipinski definition) is 10. The number of carbonyl (C=O) groups excluding carboxylic acids is 2. The first-order chi connectivity index (χ1) is 13.7. The van der Waals surface area contributed by atoms with Crippen LogP contribution in [0.5, 0.6) is 5.75 Å². The molecule has 1 aromatic heterocycles. The maximum Gasteiger partial charge on any atom is 0.316 e. The molecule has 0 unspecified atom stereocenters. The number of methoxy groups -OCH3 is 2. The zero-order valence-corrected chi connectivity index (χ0v) is 18.5. The van der Waals surface area contributed by atoms with E-state index < -0.39 is 21.9 Å². The highest BCUT2D eigenvalue weighted by Crippen LogP contribution is 2.28. The summed E-state index contributed by atoms with van der Waals surface area (Å²) >= 11 is 2.05. The van der Waals surface area contributed by atoms with Crippen molar-refractivity contribution < 1.29 is 27.5 Å². The van der Waals surface area contributed by atoms with E-state index in [2.05, 4.69) is 25.0 Å². The fraction of sp³-hybridized carbons (Fsp3) is 0.375. The lowest BCUT2D eigenvalue weighted by Crippen LogP contribution is -2.30. The van der Waals surface area contributed by atoms with Gasteiger partial charge in [-0.2, -0.15) is 0 Å². The molecule has 0 atom stereocenters. The van der Waals surface area contributed by atoms with Crippen LogP contribution in [0, 0.1) is 0 Å². The molecule has 1 aromatic carbocycles. The third kappa shape index (κ3) is 6.30. The lowest BCUT2D eigenvalue weighted by atomic mass is 10.2. The molecule has 0 aliphatic carbocycles. The van der Waals surface area contributed by atoms with Crippen molar-refractivity contribution in [2.45, 2.75) is 29.1 Å². The number of sulfonamides is 1. The Bertz CT molecular complexity index is 990. The second-order valence-electron chi connectivity index (χ2n) is 5.83. The van der Waals surface area contributed by atoms with E-state index in [1.54, 1.807) is 13.8 Å². The summed E-state index contributed by atoms with van der Waals surface area (Å²) in [6.45, 7) is 3.58. The zero-order chi connectivity index (χ0) is 21.6. The number of nitrogens with one attached hydrogen (secondary N) is 2. The summed E-state index contributed by atoms with van der Waals surface area (Å²) < 4.78 is 37.8. The molecule has 29 heavy (non-hydrogen) atoms. The van der Waals surface area contributed by atoms with E-state index in [0.717, 1.165) is 23.1 Å². The van der Waals surface area contributed by atoms with Gasteiger partial charge >= 0.3 is 5.97 Å². The van der Waals surface area contributed by atoms with Crippen molar-refractivity contribution >= 4 is 50.1 Å². The van der Waals surface area contributed by atoms with Crippen LogP contribution >= 0.6 is 23.1 Å². The van der Waals surface area contributed by atoms with Gasteiger partial charge in [-0.25, -0.2) is 8.42 Å². The summed E-state index contributed by atoms with van der Waals surface area (Å²) in [4.78, 5) is 23.4. The van der Waals surface area contributed by atoms with Gasteiger partial charge in [0.25, 0.3) is 15.9 Å². The van der Waals surface area contributed by atoms with E-state index in [9.17, 15) is 18.0 Å². The average molecular weight is 461 g/mol. The zero-order valence-electron chi connectivity index (χ0n) is 16.1. The van der Waals surface area contributed by atoms with Crippen molar-refractivity contribution in [2.24, 2.45) is 0 Å². The molecule has 0 aliphatic rings. The van der Waals surface area contributed by atoms with E-state index in [0.29, 0.717) is 4.34 Å². The topological polar surface area (TPSA) is 137 Å². The summed E-state index contributed by atoms with van der Waals surface area (Å²) in [6, 6.07) is 3.82. The Morgan fingerprint density at radius 1 is 1.24 bits per heavy atom. The van der Waals surface area contributed by atoms with Crippen LogP contribution < -0.4 is 14.8 Å². The van der Waals surface area contributed by atoms with Crippen LogP contribution in [0.2, 0.25) is 0 Å². The van der Waals surface area contributed by atoms with E-state index >= 15 is 0 Å². The molecule has 0 bridgehead atoms. The van der Waals surface area contributed by atoms with Crippen LogP contribution in [0.3, 0.4) is 0 Å². The van der Waals surface area contributed by atoms with Crippen LogP contribution in [0.25, 0.3) is 0 Å². The number of rotatable bonds is 9. The Morgan fingerprint density at radius 2 is 1.97 bits per heavy atom. The minimum absolute atomic E-state index is 0.0290. The van der Waals surface area contributed by atoms with Crippen molar-refractivity contribution in [3.05, 3.63) is 23.8 Å². The first-order valence-corrected chi connectivity index (χ1v) is 11.5. The van der Waals surface area contributed by atoms with Crippen LogP contribution in [-0.2, 0) is 19.6 Å². The van der Waals surface area contributed by atoms with Crippen LogP contribution in [0.1, 0.15) is 24.2 Å². The van der Waals surface area contributed by atoms with E-state index in [1.165, 1.54) is 32.4 Å². The Labute approximate surface area is 176 Å². The van der Waals surface area contributed by atoms with Crippen molar-refractivity contribution in [3.63, 3.8) is 0 Å². The Balaban J connectivity index is 2.22. The van der Waals surface area contributed by atoms with E-state index in [4.69, 9.17) is 4.74 Å². The third-order valence-corrected chi connectivity index (χ3v) is 6.73.